The van der Waals surface area contributed by atoms with Crippen LogP contribution in [0.1, 0.15) is 0 Å². The van der Waals surface area contributed by atoms with E-state index in [0.717, 1.165) is 0 Å². The highest BCUT2D eigenvalue weighted by molar-refractivity contribution is 5.97. The number of carbonyl (C=O) groups is 2. The Kier molecular flexibility index (Phi) is 4.18. The van der Waals surface area contributed by atoms with Crippen molar-refractivity contribution >= 4 is 17.6 Å². The van der Waals surface area contributed by atoms with Crippen LogP contribution >= 0.6 is 0 Å². The van der Waals surface area contributed by atoms with E-state index in [1.54, 1.807) is 36.4 Å². The summed E-state index contributed by atoms with van der Waals surface area (Å²) in [6.07, 6.45) is 2.40. The normalized spacial score (nSPS) is 25.8. The van der Waals surface area contributed by atoms with Gasteiger partial charge in [0.05, 0.1) is 23.8 Å². The zero-order valence-electron chi connectivity index (χ0n) is 13.7. The molecule has 132 valence electrons. The standard InChI is InChI=1S/C20H17NO5/c22-19(17-15-10-11-16(26-15)18(17)20(23)24)21-13-8-4-5-9-14(13)25-12-6-2-1-3-7-12/h1-11,15-18H,(H,21,22)(H,23,24)/t15-,16-,17-,18-/m1/s1. The van der Waals surface area contributed by atoms with E-state index in [-0.39, 0.29) is 0 Å². The molecular formula is C20H17NO5. The number of amides is 1. The van der Waals surface area contributed by atoms with Crippen LogP contribution < -0.4 is 10.1 Å². The first-order valence-electron chi connectivity index (χ1n) is 8.33. The van der Waals surface area contributed by atoms with E-state index >= 15 is 0 Å². The van der Waals surface area contributed by atoms with Gasteiger partial charge >= 0.3 is 5.97 Å². The number of nitrogens with one attached hydrogen (secondary N) is 1. The molecule has 4 rings (SSSR count). The molecule has 6 nitrogen and oxygen atoms in total. The third-order valence-corrected chi connectivity index (χ3v) is 4.60. The molecule has 2 N–H and O–H groups in total. The van der Waals surface area contributed by atoms with E-state index in [1.807, 2.05) is 30.3 Å². The molecule has 0 aromatic heterocycles. The number of aliphatic carboxylic acids is 1. The zero-order chi connectivity index (χ0) is 18.1. The predicted octanol–water partition coefficient (Wildman–Crippen LogP) is 3.07. The average molecular weight is 351 g/mol. The van der Waals surface area contributed by atoms with Gasteiger partial charge < -0.3 is 19.9 Å². The highest BCUT2D eigenvalue weighted by atomic mass is 16.5. The monoisotopic (exact) mass is 351 g/mol. The van der Waals surface area contributed by atoms with Crippen LogP contribution in [0, 0.1) is 11.8 Å². The minimum absolute atomic E-state index is 0.390. The van der Waals surface area contributed by atoms with Gasteiger partial charge in [0.15, 0.2) is 5.75 Å². The Morgan fingerprint density at radius 2 is 1.58 bits per heavy atom. The fourth-order valence-electron chi connectivity index (χ4n) is 3.41. The van der Waals surface area contributed by atoms with Crippen molar-refractivity contribution in [3.63, 3.8) is 0 Å². The van der Waals surface area contributed by atoms with Gasteiger partial charge in [-0.05, 0) is 24.3 Å². The first-order chi connectivity index (χ1) is 12.6. The summed E-state index contributed by atoms with van der Waals surface area (Å²) in [5.41, 5.74) is 0.484. The fraction of sp³-hybridized carbons (Fsp3) is 0.200. The molecule has 0 aliphatic carbocycles. The number of carboxylic acids is 1. The van der Waals surface area contributed by atoms with Gasteiger partial charge in [-0.2, -0.15) is 0 Å². The molecule has 2 aromatic carbocycles. The lowest BCUT2D eigenvalue weighted by molar-refractivity contribution is -0.145. The van der Waals surface area contributed by atoms with Gasteiger partial charge in [-0.1, -0.05) is 42.5 Å². The summed E-state index contributed by atoms with van der Waals surface area (Å²) in [6, 6.07) is 16.3. The van der Waals surface area contributed by atoms with Gasteiger partial charge in [0.2, 0.25) is 5.91 Å². The summed E-state index contributed by atoms with van der Waals surface area (Å²) in [5, 5.41) is 12.3. The van der Waals surface area contributed by atoms with E-state index in [2.05, 4.69) is 5.32 Å². The van der Waals surface area contributed by atoms with E-state index < -0.39 is 35.9 Å². The molecule has 1 amide bonds. The number of hydrogen-bond donors (Lipinski definition) is 2. The summed E-state index contributed by atoms with van der Waals surface area (Å²) in [6.45, 7) is 0. The minimum Gasteiger partial charge on any atom is -0.481 e. The summed E-state index contributed by atoms with van der Waals surface area (Å²) < 4.78 is 11.4. The molecule has 1 saturated heterocycles. The van der Waals surface area contributed by atoms with Crippen LogP contribution in [-0.4, -0.2) is 29.2 Å². The molecule has 4 atom stereocenters. The van der Waals surface area contributed by atoms with E-state index in [1.165, 1.54) is 0 Å². The molecule has 0 radical (unpaired) electrons. The number of benzene rings is 2. The Morgan fingerprint density at radius 3 is 2.31 bits per heavy atom. The van der Waals surface area contributed by atoms with Gasteiger partial charge in [-0.3, -0.25) is 9.59 Å². The first-order valence-corrected chi connectivity index (χ1v) is 8.33. The second-order valence-electron chi connectivity index (χ2n) is 6.24. The summed E-state index contributed by atoms with van der Waals surface area (Å²) in [5.74, 6) is -1.95. The Hall–Kier alpha value is -3.12. The molecule has 0 unspecified atom stereocenters. The van der Waals surface area contributed by atoms with Crippen LogP contribution in [-0.2, 0) is 14.3 Å². The van der Waals surface area contributed by atoms with Crippen molar-refractivity contribution in [3.05, 3.63) is 66.7 Å². The lowest BCUT2D eigenvalue weighted by Gasteiger charge is -2.21. The van der Waals surface area contributed by atoms with E-state index in [9.17, 15) is 14.7 Å². The smallest absolute Gasteiger partial charge is 0.310 e. The van der Waals surface area contributed by atoms with Gasteiger partial charge in [-0.25, -0.2) is 0 Å². The summed E-state index contributed by atoms with van der Waals surface area (Å²) in [7, 11) is 0. The minimum atomic E-state index is -1.03. The zero-order valence-corrected chi connectivity index (χ0v) is 13.7. The SMILES string of the molecule is O=C(O)[C@H]1[C@H](C(=O)Nc2ccccc2Oc2ccccc2)[C@H]2C=C[C@H]1O2. The summed E-state index contributed by atoms with van der Waals surface area (Å²) in [4.78, 5) is 24.3. The second kappa shape index (κ2) is 6.65. The van der Waals surface area contributed by atoms with E-state index in [4.69, 9.17) is 9.47 Å². The third-order valence-electron chi connectivity index (χ3n) is 4.60. The van der Waals surface area contributed by atoms with Crippen LogP contribution in [0.4, 0.5) is 5.69 Å². The van der Waals surface area contributed by atoms with Crippen LogP contribution in [0.2, 0.25) is 0 Å². The number of ether oxygens (including phenoxy) is 2. The van der Waals surface area contributed by atoms with Crippen molar-refractivity contribution in [2.24, 2.45) is 11.8 Å². The molecule has 6 heteroatoms. The maximum atomic E-state index is 12.8. The highest BCUT2D eigenvalue weighted by Gasteiger charge is 2.53. The molecule has 2 aliphatic rings. The van der Waals surface area contributed by atoms with Crippen molar-refractivity contribution in [2.45, 2.75) is 12.2 Å². The Morgan fingerprint density at radius 1 is 0.923 bits per heavy atom. The molecule has 2 aromatic rings. The number of carbonyl (C=O) groups excluding carboxylic acids is 1. The number of carboxylic acid groups (broad SMARTS) is 1. The molecule has 2 aliphatic heterocycles. The van der Waals surface area contributed by atoms with Crippen LogP contribution in [0.5, 0.6) is 11.5 Å². The van der Waals surface area contributed by atoms with Crippen molar-refractivity contribution in [2.75, 3.05) is 5.32 Å². The fourth-order valence-corrected chi connectivity index (χ4v) is 3.41. The van der Waals surface area contributed by atoms with Crippen LogP contribution in [0.25, 0.3) is 0 Å². The second-order valence-corrected chi connectivity index (χ2v) is 6.24. The molecular weight excluding hydrogens is 334 g/mol. The topological polar surface area (TPSA) is 84.9 Å². The quantitative estimate of drug-likeness (QED) is 0.809. The van der Waals surface area contributed by atoms with Crippen molar-refractivity contribution in [3.8, 4) is 11.5 Å². The van der Waals surface area contributed by atoms with Crippen LogP contribution in [0.3, 0.4) is 0 Å². The third kappa shape index (κ3) is 2.95. The van der Waals surface area contributed by atoms with Gasteiger partial charge in [0.25, 0.3) is 0 Å². The number of fused-ring (bicyclic) bond motifs is 2. The summed E-state index contributed by atoms with van der Waals surface area (Å²) >= 11 is 0. The predicted molar refractivity (Wildman–Crippen MR) is 94.0 cm³/mol. The van der Waals surface area contributed by atoms with Crippen LogP contribution in [0.15, 0.2) is 66.7 Å². The van der Waals surface area contributed by atoms with Crippen molar-refractivity contribution in [1.29, 1.82) is 0 Å². The molecule has 26 heavy (non-hydrogen) atoms. The molecule has 2 heterocycles. The highest BCUT2D eigenvalue weighted by Crippen LogP contribution is 2.40. The number of rotatable bonds is 5. The van der Waals surface area contributed by atoms with Gasteiger partial charge in [0.1, 0.15) is 11.7 Å². The molecule has 2 bridgehead atoms. The maximum Gasteiger partial charge on any atom is 0.310 e. The van der Waals surface area contributed by atoms with Gasteiger partial charge in [0, 0.05) is 0 Å². The number of para-hydroxylation sites is 3. The maximum absolute atomic E-state index is 12.8. The first kappa shape index (κ1) is 16.4. The lowest BCUT2D eigenvalue weighted by Crippen LogP contribution is -2.39. The lowest BCUT2D eigenvalue weighted by atomic mass is 9.82. The van der Waals surface area contributed by atoms with Crippen molar-refractivity contribution < 1.29 is 24.2 Å². The molecule has 0 spiro atoms. The Labute approximate surface area is 150 Å². The average Bonchev–Trinajstić information content (AvgIpc) is 3.25. The molecule has 0 saturated carbocycles. The molecule has 1 fully saturated rings. The Balaban J connectivity index is 1.55. The number of anilines is 1. The number of hydrogen-bond acceptors (Lipinski definition) is 4. The van der Waals surface area contributed by atoms with Crippen molar-refractivity contribution in [1.82, 2.24) is 0 Å². The van der Waals surface area contributed by atoms with E-state index in [0.29, 0.717) is 17.2 Å². The Bertz CT molecular complexity index is 864. The largest absolute Gasteiger partial charge is 0.481 e. The van der Waals surface area contributed by atoms with Gasteiger partial charge in [-0.15, -0.1) is 0 Å².